The lowest BCUT2D eigenvalue weighted by atomic mass is 9.92. The standard InChI is InChI=1S/C21H24N2O5/c1-7-12(2)23-20(24)15(13(3)16(11-22)21(23)25)8-14-9-17(26-4)19(28-6)18(10-14)27-5/h8-10,12H,7H2,1-6H3/b15-8+. The van der Waals surface area contributed by atoms with Crippen molar-refractivity contribution in [2.45, 2.75) is 33.2 Å². The Kier molecular flexibility index (Phi) is 6.47. The van der Waals surface area contributed by atoms with Crippen LogP contribution in [0.4, 0.5) is 0 Å². The summed E-state index contributed by atoms with van der Waals surface area (Å²) in [5.74, 6) is 0.331. The first kappa shape index (κ1) is 21.0. The molecule has 1 heterocycles. The average molecular weight is 384 g/mol. The number of methoxy groups -OCH3 is 3. The van der Waals surface area contributed by atoms with Crippen molar-refractivity contribution < 1.29 is 23.8 Å². The lowest BCUT2D eigenvalue weighted by Gasteiger charge is -2.31. The Morgan fingerprint density at radius 2 is 1.68 bits per heavy atom. The minimum atomic E-state index is -0.554. The first-order valence-corrected chi connectivity index (χ1v) is 8.85. The summed E-state index contributed by atoms with van der Waals surface area (Å²) >= 11 is 0. The molecule has 0 fully saturated rings. The van der Waals surface area contributed by atoms with Gasteiger partial charge in [-0.2, -0.15) is 5.26 Å². The highest BCUT2D eigenvalue weighted by Gasteiger charge is 2.37. The van der Waals surface area contributed by atoms with Gasteiger partial charge in [-0.25, -0.2) is 0 Å². The van der Waals surface area contributed by atoms with Gasteiger partial charge in [0.25, 0.3) is 11.8 Å². The second kappa shape index (κ2) is 8.61. The number of rotatable bonds is 6. The lowest BCUT2D eigenvalue weighted by molar-refractivity contribution is -0.142. The first-order valence-electron chi connectivity index (χ1n) is 8.85. The number of carbonyl (C=O) groups is 2. The molecular formula is C21H24N2O5. The van der Waals surface area contributed by atoms with E-state index in [1.54, 1.807) is 32.1 Å². The number of hydrogen-bond acceptors (Lipinski definition) is 6. The molecule has 1 aromatic carbocycles. The number of ether oxygens (including phenoxy) is 3. The number of nitriles is 1. The number of hydrogen-bond donors (Lipinski definition) is 0. The van der Waals surface area contributed by atoms with Crippen molar-refractivity contribution in [2.24, 2.45) is 0 Å². The maximum Gasteiger partial charge on any atom is 0.271 e. The number of amides is 2. The Balaban J connectivity index is 2.69. The molecule has 1 aromatic rings. The Morgan fingerprint density at radius 3 is 2.11 bits per heavy atom. The monoisotopic (exact) mass is 384 g/mol. The van der Waals surface area contributed by atoms with Gasteiger partial charge in [-0.15, -0.1) is 0 Å². The highest BCUT2D eigenvalue weighted by Crippen LogP contribution is 2.39. The van der Waals surface area contributed by atoms with Crippen molar-refractivity contribution in [1.29, 1.82) is 5.26 Å². The van der Waals surface area contributed by atoms with Crippen LogP contribution in [0.2, 0.25) is 0 Å². The fourth-order valence-electron chi connectivity index (χ4n) is 3.03. The summed E-state index contributed by atoms with van der Waals surface area (Å²) in [7, 11) is 4.51. The van der Waals surface area contributed by atoms with E-state index in [1.165, 1.54) is 21.3 Å². The summed E-state index contributed by atoms with van der Waals surface area (Å²) in [6.45, 7) is 5.26. The number of carbonyl (C=O) groups excluding carboxylic acids is 2. The van der Waals surface area contributed by atoms with Gasteiger partial charge in [0.05, 0.1) is 21.3 Å². The third kappa shape index (κ3) is 3.58. The van der Waals surface area contributed by atoms with E-state index in [9.17, 15) is 14.9 Å². The van der Waals surface area contributed by atoms with Crippen LogP contribution in [0.25, 0.3) is 6.08 Å². The Bertz CT molecular complexity index is 883. The SMILES string of the molecule is CCC(C)N1C(=O)C(C#N)=C(C)/C(=C\c2cc(OC)c(OC)c(OC)c2)C1=O. The zero-order chi connectivity index (χ0) is 21.0. The summed E-state index contributed by atoms with van der Waals surface area (Å²) in [5.41, 5.74) is 1.23. The van der Waals surface area contributed by atoms with Crippen LogP contribution in [-0.4, -0.2) is 44.1 Å². The van der Waals surface area contributed by atoms with Crippen molar-refractivity contribution in [3.63, 3.8) is 0 Å². The third-order valence-corrected chi connectivity index (χ3v) is 4.80. The normalized spacial score (nSPS) is 16.9. The van der Waals surface area contributed by atoms with Gasteiger partial charge in [0, 0.05) is 11.6 Å². The van der Waals surface area contributed by atoms with Gasteiger partial charge in [-0.3, -0.25) is 14.5 Å². The molecule has 1 atom stereocenters. The molecule has 0 saturated carbocycles. The third-order valence-electron chi connectivity index (χ3n) is 4.80. The summed E-state index contributed by atoms with van der Waals surface area (Å²) in [6.07, 6.45) is 2.22. The zero-order valence-electron chi connectivity index (χ0n) is 17.0. The number of nitrogens with zero attached hydrogens (tertiary/aromatic N) is 2. The van der Waals surface area contributed by atoms with Gasteiger partial charge < -0.3 is 14.2 Å². The second-order valence-corrected chi connectivity index (χ2v) is 6.37. The summed E-state index contributed by atoms with van der Waals surface area (Å²) < 4.78 is 16.0. The molecule has 0 saturated heterocycles. The van der Waals surface area contributed by atoms with E-state index < -0.39 is 11.8 Å². The number of benzene rings is 1. The molecule has 0 radical (unpaired) electrons. The molecule has 0 aliphatic carbocycles. The van der Waals surface area contributed by atoms with Crippen LogP contribution in [0.5, 0.6) is 17.2 Å². The Morgan fingerprint density at radius 1 is 1.11 bits per heavy atom. The largest absolute Gasteiger partial charge is 0.493 e. The molecule has 2 rings (SSSR count). The van der Waals surface area contributed by atoms with E-state index in [0.29, 0.717) is 34.8 Å². The van der Waals surface area contributed by atoms with Gasteiger partial charge in [-0.1, -0.05) is 6.92 Å². The molecule has 7 nitrogen and oxygen atoms in total. The van der Waals surface area contributed by atoms with E-state index in [-0.39, 0.29) is 17.2 Å². The molecule has 148 valence electrons. The van der Waals surface area contributed by atoms with E-state index in [0.717, 1.165) is 4.90 Å². The van der Waals surface area contributed by atoms with E-state index in [4.69, 9.17) is 14.2 Å². The maximum absolute atomic E-state index is 13.1. The minimum absolute atomic E-state index is 0.0291. The zero-order valence-corrected chi connectivity index (χ0v) is 17.0. The van der Waals surface area contributed by atoms with E-state index in [1.807, 2.05) is 13.0 Å². The van der Waals surface area contributed by atoms with Gasteiger partial charge in [0.2, 0.25) is 5.75 Å². The van der Waals surface area contributed by atoms with Crippen molar-refractivity contribution >= 4 is 17.9 Å². The summed E-state index contributed by atoms with van der Waals surface area (Å²) in [6, 6.07) is 5.02. The molecule has 0 bridgehead atoms. The van der Waals surface area contributed by atoms with Gasteiger partial charge in [0.1, 0.15) is 11.6 Å². The molecule has 28 heavy (non-hydrogen) atoms. The maximum atomic E-state index is 13.1. The number of imide groups is 1. The van der Waals surface area contributed by atoms with Crippen molar-refractivity contribution in [3.05, 3.63) is 34.4 Å². The fraction of sp³-hybridized carbons (Fsp3) is 0.381. The molecule has 0 N–H and O–H groups in total. The molecule has 7 heteroatoms. The minimum Gasteiger partial charge on any atom is -0.493 e. The molecular weight excluding hydrogens is 360 g/mol. The van der Waals surface area contributed by atoms with Gasteiger partial charge in [-0.05, 0) is 49.6 Å². The van der Waals surface area contributed by atoms with Crippen molar-refractivity contribution in [3.8, 4) is 23.3 Å². The van der Waals surface area contributed by atoms with Crippen LogP contribution < -0.4 is 14.2 Å². The predicted molar refractivity (Wildman–Crippen MR) is 104 cm³/mol. The highest BCUT2D eigenvalue weighted by molar-refractivity contribution is 6.19. The van der Waals surface area contributed by atoms with Crippen LogP contribution in [0.1, 0.15) is 32.8 Å². The fourth-order valence-corrected chi connectivity index (χ4v) is 3.03. The van der Waals surface area contributed by atoms with Crippen LogP contribution in [0.15, 0.2) is 28.9 Å². The molecule has 2 amide bonds. The topological polar surface area (TPSA) is 88.9 Å². The molecule has 1 aliphatic rings. The van der Waals surface area contributed by atoms with Crippen molar-refractivity contribution in [1.82, 2.24) is 4.90 Å². The lowest BCUT2D eigenvalue weighted by Crippen LogP contribution is -2.47. The molecule has 0 aromatic heterocycles. The van der Waals surface area contributed by atoms with Gasteiger partial charge >= 0.3 is 0 Å². The quantitative estimate of drug-likeness (QED) is 0.553. The van der Waals surface area contributed by atoms with Crippen LogP contribution in [0, 0.1) is 11.3 Å². The van der Waals surface area contributed by atoms with Crippen LogP contribution >= 0.6 is 0 Å². The van der Waals surface area contributed by atoms with E-state index in [2.05, 4.69) is 0 Å². The Hall–Kier alpha value is -3.27. The van der Waals surface area contributed by atoms with E-state index >= 15 is 0 Å². The van der Waals surface area contributed by atoms with Crippen LogP contribution in [-0.2, 0) is 9.59 Å². The summed E-state index contributed by atoms with van der Waals surface area (Å²) in [4.78, 5) is 26.8. The first-order chi connectivity index (χ1) is 13.3. The van der Waals surface area contributed by atoms with Crippen molar-refractivity contribution in [2.75, 3.05) is 21.3 Å². The van der Waals surface area contributed by atoms with Crippen LogP contribution in [0.3, 0.4) is 0 Å². The predicted octanol–water partition coefficient (Wildman–Crippen LogP) is 3.10. The highest BCUT2D eigenvalue weighted by atomic mass is 16.5. The van der Waals surface area contributed by atoms with Gasteiger partial charge in [0.15, 0.2) is 11.5 Å². The molecule has 1 aliphatic heterocycles. The Labute approximate surface area is 164 Å². The summed E-state index contributed by atoms with van der Waals surface area (Å²) in [5, 5.41) is 9.46. The average Bonchev–Trinajstić information content (AvgIpc) is 2.70. The molecule has 0 spiro atoms. The molecule has 1 unspecified atom stereocenters. The second-order valence-electron chi connectivity index (χ2n) is 6.37. The smallest absolute Gasteiger partial charge is 0.271 e.